The quantitative estimate of drug-likeness (QED) is 0.465. The standard InChI is InChI=1S/C17H17Br2N2O4P/c1-8-5-11-14(13(6-8)26(23,24-3)25-4)10(17(22)21-11)7-12-16(19)15(18)9(2)20-12/h5-7,20H,1-4H3,(H,21,22). The smallest absolute Gasteiger partial charge is 0.357 e. The van der Waals surface area contributed by atoms with E-state index in [0.717, 1.165) is 25.9 Å². The molecule has 2 aromatic rings. The summed E-state index contributed by atoms with van der Waals surface area (Å²) in [6.45, 7) is 3.77. The highest BCUT2D eigenvalue weighted by Gasteiger charge is 2.36. The molecule has 138 valence electrons. The van der Waals surface area contributed by atoms with E-state index in [1.54, 1.807) is 12.1 Å². The zero-order valence-corrected chi connectivity index (χ0v) is 18.6. The predicted molar refractivity (Wildman–Crippen MR) is 110 cm³/mol. The number of amides is 1. The molecule has 1 aromatic carbocycles. The van der Waals surface area contributed by atoms with Crippen LogP contribution in [0.15, 0.2) is 21.1 Å². The fourth-order valence-corrected chi connectivity index (χ4v) is 5.16. The van der Waals surface area contributed by atoms with Gasteiger partial charge in [0, 0.05) is 25.5 Å². The molecule has 2 N–H and O–H groups in total. The van der Waals surface area contributed by atoms with Crippen LogP contribution in [0.4, 0.5) is 5.69 Å². The molecule has 0 saturated heterocycles. The van der Waals surface area contributed by atoms with Gasteiger partial charge in [-0.05, 0) is 69.5 Å². The number of nitrogens with one attached hydrogen (secondary N) is 2. The molecule has 6 nitrogen and oxygen atoms in total. The number of anilines is 1. The van der Waals surface area contributed by atoms with Crippen LogP contribution in [0.1, 0.15) is 22.5 Å². The van der Waals surface area contributed by atoms with Crippen LogP contribution in [0.2, 0.25) is 0 Å². The summed E-state index contributed by atoms with van der Waals surface area (Å²) >= 11 is 6.99. The van der Waals surface area contributed by atoms with Gasteiger partial charge in [-0.1, -0.05) is 0 Å². The summed E-state index contributed by atoms with van der Waals surface area (Å²) in [6, 6.07) is 3.56. The van der Waals surface area contributed by atoms with Crippen molar-refractivity contribution in [2.45, 2.75) is 13.8 Å². The van der Waals surface area contributed by atoms with Gasteiger partial charge in [0.2, 0.25) is 0 Å². The Labute approximate surface area is 168 Å². The molecule has 3 rings (SSSR count). The van der Waals surface area contributed by atoms with E-state index >= 15 is 0 Å². The third-order valence-electron chi connectivity index (χ3n) is 4.17. The zero-order valence-electron chi connectivity index (χ0n) is 14.6. The highest BCUT2D eigenvalue weighted by molar-refractivity contribution is 9.13. The first kappa shape index (κ1) is 19.6. The van der Waals surface area contributed by atoms with Crippen LogP contribution >= 0.6 is 39.5 Å². The molecule has 0 bridgehead atoms. The van der Waals surface area contributed by atoms with Crippen molar-refractivity contribution in [2.24, 2.45) is 0 Å². The fraction of sp³-hybridized carbons (Fsp3) is 0.235. The lowest BCUT2D eigenvalue weighted by molar-refractivity contribution is -0.110. The van der Waals surface area contributed by atoms with Crippen molar-refractivity contribution in [1.82, 2.24) is 4.98 Å². The van der Waals surface area contributed by atoms with Crippen LogP contribution in [0.5, 0.6) is 0 Å². The Morgan fingerprint density at radius 1 is 1.12 bits per heavy atom. The van der Waals surface area contributed by atoms with E-state index in [1.165, 1.54) is 14.2 Å². The molecular weight excluding hydrogens is 487 g/mol. The predicted octanol–water partition coefficient (Wildman–Crippen LogP) is 4.76. The summed E-state index contributed by atoms with van der Waals surface area (Å²) in [5, 5.41) is 3.19. The first-order valence-corrected chi connectivity index (χ1v) is 10.8. The van der Waals surface area contributed by atoms with Crippen LogP contribution in [0.25, 0.3) is 11.6 Å². The number of aryl methyl sites for hydroxylation is 2. The Kier molecular flexibility index (Phi) is 5.34. The molecule has 0 aliphatic carbocycles. The number of fused-ring (bicyclic) bond motifs is 1. The average Bonchev–Trinajstić information content (AvgIpc) is 3.04. The molecule has 0 saturated carbocycles. The summed E-state index contributed by atoms with van der Waals surface area (Å²) in [5.41, 5.74) is 3.99. The lowest BCUT2D eigenvalue weighted by Crippen LogP contribution is -2.13. The second-order valence-electron chi connectivity index (χ2n) is 5.87. The monoisotopic (exact) mass is 502 g/mol. The van der Waals surface area contributed by atoms with Gasteiger partial charge in [-0.25, -0.2) is 0 Å². The molecule has 0 atom stereocenters. The number of aromatic amines is 1. The van der Waals surface area contributed by atoms with Crippen LogP contribution in [0, 0.1) is 13.8 Å². The molecule has 2 heterocycles. The Hall–Kier alpha value is -1.18. The minimum Gasteiger partial charge on any atom is -0.357 e. The first-order chi connectivity index (χ1) is 12.2. The number of carbonyl (C=O) groups is 1. The first-order valence-electron chi connectivity index (χ1n) is 7.65. The minimum absolute atomic E-state index is 0.277. The Balaban J connectivity index is 2.28. The van der Waals surface area contributed by atoms with E-state index in [-0.39, 0.29) is 5.91 Å². The number of aromatic nitrogens is 1. The Morgan fingerprint density at radius 2 is 1.77 bits per heavy atom. The number of hydrogen-bond donors (Lipinski definition) is 2. The number of halogens is 2. The highest BCUT2D eigenvalue weighted by atomic mass is 79.9. The maximum Gasteiger partial charge on any atom is 0.361 e. The van der Waals surface area contributed by atoms with Gasteiger partial charge in [-0.2, -0.15) is 0 Å². The molecule has 0 spiro atoms. The van der Waals surface area contributed by atoms with Gasteiger partial charge >= 0.3 is 7.60 Å². The minimum atomic E-state index is -3.55. The van der Waals surface area contributed by atoms with Crippen molar-refractivity contribution in [1.29, 1.82) is 0 Å². The number of rotatable bonds is 4. The SMILES string of the molecule is COP(=O)(OC)c1cc(C)cc2c1C(=Cc1[nH]c(C)c(Br)c1Br)C(=O)N2. The van der Waals surface area contributed by atoms with E-state index in [0.29, 0.717) is 22.1 Å². The van der Waals surface area contributed by atoms with E-state index in [2.05, 4.69) is 42.2 Å². The molecule has 1 amide bonds. The fourth-order valence-electron chi connectivity index (χ4n) is 2.92. The van der Waals surface area contributed by atoms with E-state index in [4.69, 9.17) is 9.05 Å². The van der Waals surface area contributed by atoms with Gasteiger partial charge in [-0.3, -0.25) is 9.36 Å². The molecule has 9 heteroatoms. The van der Waals surface area contributed by atoms with E-state index in [9.17, 15) is 9.36 Å². The summed E-state index contributed by atoms with van der Waals surface area (Å²) in [7, 11) is -0.895. The zero-order chi connectivity index (χ0) is 19.2. The van der Waals surface area contributed by atoms with Gasteiger partial charge in [0.1, 0.15) is 0 Å². The molecule has 1 aliphatic heterocycles. The summed E-state index contributed by atoms with van der Waals surface area (Å²) in [5.74, 6) is -0.277. The maximum atomic E-state index is 13.1. The van der Waals surface area contributed by atoms with Crippen molar-refractivity contribution in [3.63, 3.8) is 0 Å². The van der Waals surface area contributed by atoms with Crippen LogP contribution < -0.4 is 10.6 Å². The summed E-state index contributed by atoms with van der Waals surface area (Å²) < 4.78 is 25.1. The topological polar surface area (TPSA) is 80.4 Å². The molecule has 0 radical (unpaired) electrons. The van der Waals surface area contributed by atoms with E-state index < -0.39 is 7.60 Å². The lowest BCUT2D eigenvalue weighted by Gasteiger charge is -2.17. The summed E-state index contributed by atoms with van der Waals surface area (Å²) in [4.78, 5) is 15.8. The second kappa shape index (κ2) is 7.09. The third kappa shape index (κ3) is 3.14. The highest BCUT2D eigenvalue weighted by Crippen LogP contribution is 2.50. The number of hydrogen-bond acceptors (Lipinski definition) is 4. The molecule has 1 aromatic heterocycles. The summed E-state index contributed by atoms with van der Waals surface area (Å²) in [6.07, 6.45) is 1.72. The van der Waals surface area contributed by atoms with Crippen LogP contribution in [0.3, 0.4) is 0 Å². The molecule has 26 heavy (non-hydrogen) atoms. The van der Waals surface area contributed by atoms with Crippen LogP contribution in [-0.4, -0.2) is 25.1 Å². The number of H-pyrrole nitrogens is 1. The van der Waals surface area contributed by atoms with Gasteiger partial charge in [0.25, 0.3) is 5.91 Å². The largest absolute Gasteiger partial charge is 0.361 e. The molecule has 0 unspecified atom stereocenters. The van der Waals surface area contributed by atoms with Gasteiger partial charge in [0.15, 0.2) is 0 Å². The Morgan fingerprint density at radius 3 is 2.31 bits per heavy atom. The van der Waals surface area contributed by atoms with Gasteiger partial charge in [0.05, 0.1) is 31.2 Å². The lowest BCUT2D eigenvalue weighted by atomic mass is 10.0. The van der Waals surface area contributed by atoms with Gasteiger partial charge in [-0.15, -0.1) is 0 Å². The third-order valence-corrected chi connectivity index (χ3v) is 8.42. The number of carbonyl (C=O) groups excluding carboxylic acids is 1. The average molecular weight is 504 g/mol. The van der Waals surface area contributed by atoms with Gasteiger partial charge < -0.3 is 19.3 Å². The van der Waals surface area contributed by atoms with Crippen molar-refractivity contribution in [3.8, 4) is 0 Å². The Bertz CT molecular complexity index is 989. The van der Waals surface area contributed by atoms with E-state index in [1.807, 2.05) is 19.9 Å². The molecular formula is C17H17Br2N2O4P. The van der Waals surface area contributed by atoms with Crippen molar-refractivity contribution < 1.29 is 18.4 Å². The second-order valence-corrected chi connectivity index (χ2v) is 9.67. The molecule has 1 aliphatic rings. The van der Waals surface area contributed by atoms with Crippen molar-refractivity contribution in [3.05, 3.63) is 43.6 Å². The van der Waals surface area contributed by atoms with Crippen molar-refractivity contribution >= 4 is 68.0 Å². The molecule has 0 fully saturated rings. The maximum absolute atomic E-state index is 13.1. The number of benzene rings is 1. The van der Waals surface area contributed by atoms with Crippen LogP contribution in [-0.2, 0) is 18.4 Å². The van der Waals surface area contributed by atoms with Crippen molar-refractivity contribution in [2.75, 3.05) is 19.5 Å². The normalized spacial score (nSPS) is 15.5.